The highest BCUT2D eigenvalue weighted by atomic mass is 127. The molecule has 6 heteroatoms. The van der Waals surface area contributed by atoms with Gasteiger partial charge in [-0.2, -0.15) is 0 Å². The smallest absolute Gasteiger partial charge is 0.270 e. The lowest BCUT2D eigenvalue weighted by atomic mass is 10.1. The Kier molecular flexibility index (Phi) is 7.63. The Morgan fingerprint density at radius 3 is 2.29 bits per heavy atom. The van der Waals surface area contributed by atoms with Gasteiger partial charge in [-0.3, -0.25) is 14.9 Å². The van der Waals surface area contributed by atoms with Crippen molar-refractivity contribution in [3.63, 3.8) is 0 Å². The van der Waals surface area contributed by atoms with E-state index >= 15 is 0 Å². The number of benzene rings is 1. The topological polar surface area (TPSA) is 63.5 Å². The Labute approximate surface area is 139 Å². The molecule has 0 fully saturated rings. The summed E-state index contributed by atoms with van der Waals surface area (Å²) in [6.45, 7) is 5.57. The van der Waals surface area contributed by atoms with Crippen molar-refractivity contribution >= 4 is 34.2 Å². The third-order valence-electron chi connectivity index (χ3n) is 3.24. The maximum absolute atomic E-state index is 12.7. The van der Waals surface area contributed by atoms with Gasteiger partial charge in [-0.1, -0.05) is 26.7 Å². The molecule has 0 saturated carbocycles. The molecule has 0 spiro atoms. The molecule has 0 saturated heterocycles. The molecule has 5 nitrogen and oxygen atoms in total. The third kappa shape index (κ3) is 5.26. The molecule has 0 aliphatic carbocycles. The van der Waals surface area contributed by atoms with Gasteiger partial charge < -0.3 is 4.90 Å². The fourth-order valence-corrected chi connectivity index (χ4v) is 2.54. The zero-order valence-electron chi connectivity index (χ0n) is 12.5. The standard InChI is InChI=1S/C15H21IN2O3/c1-3-5-9-17(10-6-4-2)15(19)13-11-12(18(20)21)7-8-14(13)16/h7-8,11H,3-6,9-10H2,1-2H3. The summed E-state index contributed by atoms with van der Waals surface area (Å²) < 4.78 is 0.751. The molecule has 0 aliphatic rings. The average molecular weight is 404 g/mol. The Morgan fingerprint density at radius 1 is 1.24 bits per heavy atom. The van der Waals surface area contributed by atoms with E-state index in [4.69, 9.17) is 0 Å². The molecule has 0 unspecified atom stereocenters. The van der Waals surface area contributed by atoms with Crippen LogP contribution < -0.4 is 0 Å². The monoisotopic (exact) mass is 404 g/mol. The van der Waals surface area contributed by atoms with Gasteiger partial charge in [-0.15, -0.1) is 0 Å². The van der Waals surface area contributed by atoms with Crippen molar-refractivity contribution in [2.24, 2.45) is 0 Å². The number of unbranched alkanes of at least 4 members (excludes halogenated alkanes) is 2. The first kappa shape index (κ1) is 17.9. The van der Waals surface area contributed by atoms with E-state index in [-0.39, 0.29) is 11.6 Å². The van der Waals surface area contributed by atoms with E-state index in [0.717, 1.165) is 29.3 Å². The molecule has 1 rings (SSSR count). The van der Waals surface area contributed by atoms with Gasteiger partial charge >= 0.3 is 0 Å². The van der Waals surface area contributed by atoms with Gasteiger partial charge in [-0.25, -0.2) is 0 Å². The molecular formula is C15H21IN2O3. The first-order valence-corrected chi connectivity index (χ1v) is 8.32. The zero-order valence-corrected chi connectivity index (χ0v) is 14.6. The van der Waals surface area contributed by atoms with E-state index in [9.17, 15) is 14.9 Å². The van der Waals surface area contributed by atoms with Crippen LogP contribution in [-0.4, -0.2) is 28.8 Å². The van der Waals surface area contributed by atoms with E-state index in [1.165, 1.54) is 12.1 Å². The predicted octanol–water partition coefficient (Wildman–Crippen LogP) is 4.24. The van der Waals surface area contributed by atoms with Gasteiger partial charge in [0.1, 0.15) is 0 Å². The summed E-state index contributed by atoms with van der Waals surface area (Å²) in [4.78, 5) is 24.9. The molecule has 1 aromatic rings. The van der Waals surface area contributed by atoms with Crippen LogP contribution in [0, 0.1) is 13.7 Å². The van der Waals surface area contributed by atoms with Gasteiger partial charge in [0.15, 0.2) is 0 Å². The SMILES string of the molecule is CCCCN(CCCC)C(=O)c1cc([N+](=O)[O-])ccc1I. The molecular weight excluding hydrogens is 383 g/mol. The van der Waals surface area contributed by atoms with Crippen molar-refractivity contribution in [2.45, 2.75) is 39.5 Å². The van der Waals surface area contributed by atoms with Crippen LogP contribution in [-0.2, 0) is 0 Å². The van der Waals surface area contributed by atoms with Crippen molar-refractivity contribution in [3.8, 4) is 0 Å². The molecule has 0 bridgehead atoms. The molecule has 0 N–H and O–H groups in total. The molecule has 1 aromatic carbocycles. The van der Waals surface area contributed by atoms with Crippen molar-refractivity contribution < 1.29 is 9.72 Å². The fourth-order valence-electron chi connectivity index (χ4n) is 1.97. The first-order chi connectivity index (χ1) is 10.0. The summed E-state index contributed by atoms with van der Waals surface area (Å²) in [5, 5.41) is 10.9. The van der Waals surface area contributed by atoms with Gasteiger partial charge in [0.2, 0.25) is 0 Å². The van der Waals surface area contributed by atoms with Gasteiger partial charge in [0, 0.05) is 28.8 Å². The van der Waals surface area contributed by atoms with E-state index in [2.05, 4.69) is 36.4 Å². The lowest BCUT2D eigenvalue weighted by molar-refractivity contribution is -0.384. The number of nitro groups is 1. The summed E-state index contributed by atoms with van der Waals surface area (Å²) in [7, 11) is 0. The van der Waals surface area contributed by atoms with Crippen LogP contribution >= 0.6 is 22.6 Å². The minimum Gasteiger partial charge on any atom is -0.339 e. The lowest BCUT2D eigenvalue weighted by Crippen LogP contribution is -2.33. The van der Waals surface area contributed by atoms with Gasteiger partial charge in [0.25, 0.3) is 11.6 Å². The molecule has 0 aliphatic heterocycles. The second kappa shape index (κ2) is 8.96. The number of rotatable bonds is 8. The highest BCUT2D eigenvalue weighted by Gasteiger charge is 2.20. The first-order valence-electron chi connectivity index (χ1n) is 7.24. The molecule has 0 atom stereocenters. The summed E-state index contributed by atoms with van der Waals surface area (Å²) in [6, 6.07) is 4.44. The molecule has 1 amide bonds. The number of hydrogen-bond donors (Lipinski definition) is 0. The number of nitrogens with zero attached hydrogens (tertiary/aromatic N) is 2. The van der Waals surface area contributed by atoms with Crippen LogP contribution in [0.2, 0.25) is 0 Å². The predicted molar refractivity (Wildman–Crippen MR) is 91.5 cm³/mol. The minimum atomic E-state index is -0.463. The summed E-state index contributed by atoms with van der Waals surface area (Å²) in [5.74, 6) is -0.106. The van der Waals surface area contributed by atoms with Gasteiger partial charge in [0.05, 0.1) is 10.5 Å². The number of non-ortho nitro benzene ring substituents is 1. The second-order valence-electron chi connectivity index (χ2n) is 4.92. The largest absolute Gasteiger partial charge is 0.339 e. The van der Waals surface area contributed by atoms with E-state index in [0.29, 0.717) is 18.7 Å². The molecule has 21 heavy (non-hydrogen) atoms. The molecule has 0 aromatic heterocycles. The normalized spacial score (nSPS) is 10.4. The number of carbonyl (C=O) groups is 1. The fraction of sp³-hybridized carbons (Fsp3) is 0.533. The van der Waals surface area contributed by atoms with Crippen LogP contribution in [0.4, 0.5) is 5.69 Å². The zero-order chi connectivity index (χ0) is 15.8. The summed E-state index contributed by atoms with van der Waals surface area (Å²) in [6.07, 6.45) is 3.92. The lowest BCUT2D eigenvalue weighted by Gasteiger charge is -2.23. The summed E-state index contributed by atoms with van der Waals surface area (Å²) >= 11 is 2.05. The van der Waals surface area contributed by atoms with Crippen molar-refractivity contribution in [2.75, 3.05) is 13.1 Å². The van der Waals surface area contributed by atoms with Crippen LogP contribution in [0.15, 0.2) is 18.2 Å². The Balaban J connectivity index is 3.00. The number of nitro benzene ring substituents is 1. The maximum Gasteiger partial charge on any atom is 0.270 e. The Hall–Kier alpha value is -1.18. The van der Waals surface area contributed by atoms with Crippen LogP contribution in [0.25, 0.3) is 0 Å². The average Bonchev–Trinajstić information content (AvgIpc) is 2.47. The van der Waals surface area contributed by atoms with E-state index < -0.39 is 4.92 Å². The van der Waals surface area contributed by atoms with Gasteiger partial charge in [-0.05, 0) is 41.5 Å². The van der Waals surface area contributed by atoms with Crippen LogP contribution in [0.1, 0.15) is 49.9 Å². The van der Waals surface area contributed by atoms with Crippen LogP contribution in [0.5, 0.6) is 0 Å². The summed E-state index contributed by atoms with van der Waals surface area (Å²) in [5.41, 5.74) is 0.390. The maximum atomic E-state index is 12.7. The third-order valence-corrected chi connectivity index (χ3v) is 4.18. The highest BCUT2D eigenvalue weighted by Crippen LogP contribution is 2.21. The second-order valence-corrected chi connectivity index (χ2v) is 6.08. The molecule has 0 heterocycles. The highest BCUT2D eigenvalue weighted by molar-refractivity contribution is 14.1. The van der Waals surface area contributed by atoms with E-state index in [1.807, 2.05) is 4.90 Å². The minimum absolute atomic E-state index is 0.0373. The molecule has 0 radical (unpaired) electrons. The Morgan fingerprint density at radius 2 is 1.81 bits per heavy atom. The Bertz CT molecular complexity index is 498. The molecule has 116 valence electrons. The van der Waals surface area contributed by atoms with Crippen molar-refractivity contribution in [1.29, 1.82) is 0 Å². The van der Waals surface area contributed by atoms with Crippen molar-refractivity contribution in [1.82, 2.24) is 4.90 Å². The number of carbonyl (C=O) groups excluding carboxylic acids is 1. The number of halogens is 1. The van der Waals surface area contributed by atoms with E-state index in [1.54, 1.807) is 6.07 Å². The van der Waals surface area contributed by atoms with Crippen LogP contribution in [0.3, 0.4) is 0 Å². The number of amides is 1. The quantitative estimate of drug-likeness (QED) is 0.370. The van der Waals surface area contributed by atoms with Crippen molar-refractivity contribution in [3.05, 3.63) is 37.4 Å². The number of hydrogen-bond acceptors (Lipinski definition) is 3.